The van der Waals surface area contributed by atoms with Gasteiger partial charge in [0, 0.05) is 12.7 Å². The van der Waals surface area contributed by atoms with Crippen molar-refractivity contribution in [2.45, 2.75) is 71.2 Å². The number of hydrogen-bond acceptors (Lipinski definition) is 3. The Morgan fingerprint density at radius 2 is 1.89 bits per heavy atom. The van der Waals surface area contributed by atoms with Gasteiger partial charge in [-0.25, -0.2) is 4.79 Å². The Kier molecular flexibility index (Phi) is 9.02. The highest BCUT2D eigenvalue weighted by atomic mass is 28.4. The molecule has 0 aromatic heterocycles. The van der Waals surface area contributed by atoms with Gasteiger partial charge in [-0.1, -0.05) is 26.3 Å². The standard InChI is InChI=1S/C15H30O3Si/c1-7-8-9-10-14(18-15(16)13(2)3)11-12-19(5,6)17-4/h14H,2,7-12H2,1,3-6H3. The normalized spacial score (nSPS) is 13.1. The number of unbranched alkanes of at least 4 members (excludes halogenated alkanes) is 2. The average Bonchev–Trinajstić information content (AvgIpc) is 2.35. The molecule has 0 heterocycles. The highest BCUT2D eigenvalue weighted by Gasteiger charge is 2.24. The molecule has 0 fully saturated rings. The van der Waals surface area contributed by atoms with E-state index >= 15 is 0 Å². The van der Waals surface area contributed by atoms with E-state index < -0.39 is 8.32 Å². The van der Waals surface area contributed by atoms with E-state index in [-0.39, 0.29) is 12.1 Å². The van der Waals surface area contributed by atoms with Crippen molar-refractivity contribution < 1.29 is 14.0 Å². The summed E-state index contributed by atoms with van der Waals surface area (Å²) in [6, 6.07) is 1.02. The van der Waals surface area contributed by atoms with Gasteiger partial charge in [0.2, 0.25) is 0 Å². The highest BCUT2D eigenvalue weighted by Crippen LogP contribution is 2.20. The lowest BCUT2D eigenvalue weighted by molar-refractivity contribution is -0.144. The summed E-state index contributed by atoms with van der Waals surface area (Å²) in [5.74, 6) is -0.265. The van der Waals surface area contributed by atoms with Crippen LogP contribution in [0.2, 0.25) is 19.1 Å². The van der Waals surface area contributed by atoms with Crippen LogP contribution in [-0.4, -0.2) is 27.5 Å². The largest absolute Gasteiger partial charge is 0.459 e. The highest BCUT2D eigenvalue weighted by molar-refractivity contribution is 6.71. The van der Waals surface area contributed by atoms with Crippen LogP contribution in [-0.2, 0) is 14.0 Å². The molecule has 4 heteroatoms. The Labute approximate surface area is 119 Å². The van der Waals surface area contributed by atoms with Crippen molar-refractivity contribution in [1.29, 1.82) is 0 Å². The zero-order chi connectivity index (χ0) is 14.9. The molecule has 112 valence electrons. The van der Waals surface area contributed by atoms with E-state index in [1.54, 1.807) is 14.0 Å². The first-order valence-electron chi connectivity index (χ1n) is 7.24. The topological polar surface area (TPSA) is 35.5 Å². The maximum atomic E-state index is 11.6. The Bertz CT molecular complexity index is 287. The molecule has 1 unspecified atom stereocenters. The fourth-order valence-corrected chi connectivity index (χ4v) is 2.97. The van der Waals surface area contributed by atoms with Crippen LogP contribution in [0.3, 0.4) is 0 Å². The molecular formula is C15H30O3Si. The number of rotatable bonds is 10. The minimum absolute atomic E-state index is 0.0117. The number of esters is 1. The van der Waals surface area contributed by atoms with Crippen molar-refractivity contribution in [1.82, 2.24) is 0 Å². The molecular weight excluding hydrogens is 256 g/mol. The Balaban J connectivity index is 4.32. The minimum atomic E-state index is -1.58. The maximum absolute atomic E-state index is 11.6. The minimum Gasteiger partial charge on any atom is -0.459 e. The number of ether oxygens (including phenoxy) is 1. The molecule has 0 rings (SSSR count). The third-order valence-electron chi connectivity index (χ3n) is 3.37. The second-order valence-electron chi connectivity index (χ2n) is 5.81. The Hall–Kier alpha value is -0.613. The van der Waals surface area contributed by atoms with Crippen molar-refractivity contribution in [2.75, 3.05) is 7.11 Å². The molecule has 0 bridgehead atoms. The lowest BCUT2D eigenvalue weighted by Gasteiger charge is -2.24. The molecule has 0 aromatic rings. The summed E-state index contributed by atoms with van der Waals surface area (Å²) in [6.45, 7) is 11.9. The van der Waals surface area contributed by atoms with Gasteiger partial charge in [-0.15, -0.1) is 0 Å². The van der Waals surface area contributed by atoms with E-state index in [0.29, 0.717) is 5.57 Å². The molecule has 0 aromatic carbocycles. The first-order chi connectivity index (χ1) is 8.82. The van der Waals surface area contributed by atoms with Gasteiger partial charge in [0.05, 0.1) is 0 Å². The van der Waals surface area contributed by atoms with Crippen molar-refractivity contribution in [2.24, 2.45) is 0 Å². The van der Waals surface area contributed by atoms with Gasteiger partial charge < -0.3 is 9.16 Å². The SMILES string of the molecule is C=C(C)C(=O)OC(CCCCC)CC[Si](C)(C)OC. The fraction of sp³-hybridized carbons (Fsp3) is 0.800. The molecule has 19 heavy (non-hydrogen) atoms. The van der Waals surface area contributed by atoms with Gasteiger partial charge in [0.25, 0.3) is 0 Å². The molecule has 1 atom stereocenters. The van der Waals surface area contributed by atoms with Gasteiger partial charge in [0.15, 0.2) is 8.32 Å². The Morgan fingerprint density at radius 3 is 2.37 bits per heavy atom. The van der Waals surface area contributed by atoms with Gasteiger partial charge in [-0.3, -0.25) is 0 Å². The average molecular weight is 286 g/mol. The van der Waals surface area contributed by atoms with Crippen LogP contribution in [0.4, 0.5) is 0 Å². The summed E-state index contributed by atoms with van der Waals surface area (Å²) in [5, 5.41) is 0. The summed E-state index contributed by atoms with van der Waals surface area (Å²) in [6.07, 6.45) is 5.33. The summed E-state index contributed by atoms with van der Waals surface area (Å²) in [4.78, 5) is 11.6. The van der Waals surface area contributed by atoms with E-state index in [1.807, 2.05) is 0 Å². The third-order valence-corrected chi connectivity index (χ3v) is 5.97. The van der Waals surface area contributed by atoms with Crippen LogP contribution in [0.15, 0.2) is 12.2 Å². The number of carbonyl (C=O) groups excluding carboxylic acids is 1. The van der Waals surface area contributed by atoms with Crippen LogP contribution >= 0.6 is 0 Å². The molecule has 0 spiro atoms. The van der Waals surface area contributed by atoms with E-state index in [2.05, 4.69) is 26.6 Å². The zero-order valence-electron chi connectivity index (χ0n) is 13.3. The molecule has 0 aliphatic carbocycles. The van der Waals surface area contributed by atoms with Crippen molar-refractivity contribution >= 4 is 14.3 Å². The van der Waals surface area contributed by atoms with Gasteiger partial charge in [-0.2, -0.15) is 0 Å². The summed E-state index contributed by atoms with van der Waals surface area (Å²) < 4.78 is 11.1. The van der Waals surface area contributed by atoms with Crippen LogP contribution in [0.25, 0.3) is 0 Å². The zero-order valence-corrected chi connectivity index (χ0v) is 14.3. The van der Waals surface area contributed by atoms with E-state index in [0.717, 1.165) is 25.3 Å². The van der Waals surface area contributed by atoms with Crippen LogP contribution < -0.4 is 0 Å². The third kappa shape index (κ3) is 9.00. The van der Waals surface area contributed by atoms with E-state index in [9.17, 15) is 4.79 Å². The Morgan fingerprint density at radius 1 is 1.26 bits per heavy atom. The smallest absolute Gasteiger partial charge is 0.333 e. The monoisotopic (exact) mass is 286 g/mol. The van der Waals surface area contributed by atoms with Crippen LogP contribution in [0.1, 0.15) is 46.0 Å². The second kappa shape index (κ2) is 9.32. The van der Waals surface area contributed by atoms with Crippen molar-refractivity contribution in [3.63, 3.8) is 0 Å². The first-order valence-corrected chi connectivity index (χ1v) is 10.4. The fourth-order valence-electron chi connectivity index (χ4n) is 1.75. The first kappa shape index (κ1) is 18.4. The molecule has 0 radical (unpaired) electrons. The molecule has 0 saturated carbocycles. The quantitative estimate of drug-likeness (QED) is 0.260. The molecule has 3 nitrogen and oxygen atoms in total. The summed E-state index contributed by atoms with van der Waals surface area (Å²) in [7, 11) is 0.196. The van der Waals surface area contributed by atoms with Gasteiger partial charge in [0.1, 0.15) is 6.10 Å². The van der Waals surface area contributed by atoms with Crippen LogP contribution in [0, 0.1) is 0 Å². The molecule has 0 aliphatic rings. The van der Waals surface area contributed by atoms with E-state index in [1.165, 1.54) is 12.8 Å². The second-order valence-corrected chi connectivity index (χ2v) is 10.2. The summed E-state index contributed by atoms with van der Waals surface area (Å²) >= 11 is 0. The van der Waals surface area contributed by atoms with Crippen molar-refractivity contribution in [3.05, 3.63) is 12.2 Å². The maximum Gasteiger partial charge on any atom is 0.333 e. The predicted molar refractivity (Wildman–Crippen MR) is 82.8 cm³/mol. The molecule has 0 N–H and O–H groups in total. The number of carbonyl (C=O) groups is 1. The molecule has 0 aliphatic heterocycles. The summed E-state index contributed by atoms with van der Waals surface area (Å²) in [5.41, 5.74) is 0.476. The lowest BCUT2D eigenvalue weighted by Crippen LogP contribution is -2.31. The van der Waals surface area contributed by atoms with Gasteiger partial charge >= 0.3 is 5.97 Å². The lowest BCUT2D eigenvalue weighted by atomic mass is 10.1. The number of hydrogen-bond donors (Lipinski definition) is 0. The van der Waals surface area contributed by atoms with Crippen molar-refractivity contribution in [3.8, 4) is 0 Å². The van der Waals surface area contributed by atoms with E-state index in [4.69, 9.17) is 9.16 Å². The molecule has 0 amide bonds. The molecule has 0 saturated heterocycles. The van der Waals surface area contributed by atoms with Crippen LogP contribution in [0.5, 0.6) is 0 Å². The predicted octanol–water partition coefficient (Wildman–Crippen LogP) is 4.30. The van der Waals surface area contributed by atoms with Gasteiger partial charge in [-0.05, 0) is 45.3 Å².